The van der Waals surface area contributed by atoms with Gasteiger partial charge in [0.25, 0.3) is 0 Å². The van der Waals surface area contributed by atoms with Crippen LogP contribution in [0.15, 0.2) is 30.3 Å². The Morgan fingerprint density at radius 1 is 1.19 bits per heavy atom. The van der Waals surface area contributed by atoms with Crippen LogP contribution in [-0.2, 0) is 9.53 Å². The smallest absolute Gasteiger partial charge is 0.166 e. The molecule has 0 radical (unpaired) electrons. The van der Waals surface area contributed by atoms with Crippen LogP contribution < -0.4 is 4.74 Å². The van der Waals surface area contributed by atoms with Gasteiger partial charge in [0.1, 0.15) is 5.75 Å². The number of carbonyl (C=O) groups is 1. The molecule has 84 valence electrons. The van der Waals surface area contributed by atoms with Crippen molar-refractivity contribution >= 4 is 11.4 Å². The number of methoxy groups -OCH3 is 2. The van der Waals surface area contributed by atoms with E-state index in [2.05, 4.69) is 0 Å². The second-order valence-corrected chi connectivity index (χ2v) is 3.71. The summed E-state index contributed by atoms with van der Waals surface area (Å²) in [5.74, 6) is 0.926. The fourth-order valence-electron chi connectivity index (χ4n) is 1.81. The first-order valence-electron chi connectivity index (χ1n) is 5.17. The van der Waals surface area contributed by atoms with Crippen molar-refractivity contribution in [3.05, 3.63) is 35.9 Å². The van der Waals surface area contributed by atoms with Gasteiger partial charge in [0, 0.05) is 19.1 Å². The number of carbonyl (C=O) groups excluding carboxylic acids is 1. The molecular formula is C13H14O3. The summed E-state index contributed by atoms with van der Waals surface area (Å²) in [7, 11) is 3.24. The molecule has 0 aromatic heterocycles. The van der Waals surface area contributed by atoms with Crippen molar-refractivity contribution in [2.24, 2.45) is 0 Å². The van der Waals surface area contributed by atoms with Gasteiger partial charge >= 0.3 is 0 Å². The van der Waals surface area contributed by atoms with Crippen LogP contribution in [0.2, 0.25) is 0 Å². The van der Waals surface area contributed by atoms with Crippen molar-refractivity contribution in [1.82, 2.24) is 0 Å². The van der Waals surface area contributed by atoms with Crippen LogP contribution in [0.1, 0.15) is 12.0 Å². The predicted octanol–water partition coefficient (Wildman–Crippen LogP) is 2.07. The van der Waals surface area contributed by atoms with Crippen LogP contribution in [0, 0.1) is 0 Å². The Hall–Kier alpha value is -1.61. The molecule has 1 aliphatic rings. The van der Waals surface area contributed by atoms with Gasteiger partial charge in [0.05, 0.1) is 13.2 Å². The molecule has 3 nitrogen and oxygen atoms in total. The quantitative estimate of drug-likeness (QED) is 0.779. The Labute approximate surface area is 94.7 Å². The highest BCUT2D eigenvalue weighted by Crippen LogP contribution is 2.27. The van der Waals surface area contributed by atoms with Crippen molar-refractivity contribution < 1.29 is 14.3 Å². The van der Waals surface area contributed by atoms with Crippen molar-refractivity contribution in [2.75, 3.05) is 14.2 Å². The molecule has 3 heteroatoms. The van der Waals surface area contributed by atoms with Crippen molar-refractivity contribution in [3.63, 3.8) is 0 Å². The fourth-order valence-corrected chi connectivity index (χ4v) is 1.81. The molecule has 0 aliphatic heterocycles. The van der Waals surface area contributed by atoms with Crippen molar-refractivity contribution in [1.29, 1.82) is 0 Å². The molecule has 0 unspecified atom stereocenters. The van der Waals surface area contributed by atoms with Gasteiger partial charge in [0.15, 0.2) is 5.78 Å². The van der Waals surface area contributed by atoms with Crippen LogP contribution in [0.4, 0.5) is 0 Å². The predicted molar refractivity (Wildman–Crippen MR) is 61.4 cm³/mol. The lowest BCUT2D eigenvalue weighted by molar-refractivity contribution is -0.114. The van der Waals surface area contributed by atoms with E-state index in [1.165, 1.54) is 0 Å². The van der Waals surface area contributed by atoms with E-state index in [4.69, 9.17) is 9.47 Å². The molecule has 0 saturated heterocycles. The summed E-state index contributed by atoms with van der Waals surface area (Å²) in [6.07, 6.45) is 2.24. The largest absolute Gasteiger partial charge is 0.497 e. The van der Waals surface area contributed by atoms with Crippen molar-refractivity contribution in [2.45, 2.75) is 12.5 Å². The molecule has 0 spiro atoms. The molecule has 0 amide bonds. The molecule has 0 bridgehead atoms. The second kappa shape index (κ2) is 4.49. The van der Waals surface area contributed by atoms with Crippen LogP contribution in [-0.4, -0.2) is 26.1 Å². The molecule has 1 atom stereocenters. The third kappa shape index (κ3) is 1.99. The van der Waals surface area contributed by atoms with E-state index in [0.717, 1.165) is 16.9 Å². The molecule has 16 heavy (non-hydrogen) atoms. The Balaban J connectivity index is 2.26. The maximum atomic E-state index is 11.7. The summed E-state index contributed by atoms with van der Waals surface area (Å²) < 4.78 is 10.2. The lowest BCUT2D eigenvalue weighted by Crippen LogP contribution is -2.04. The summed E-state index contributed by atoms with van der Waals surface area (Å²) in [6.45, 7) is 0. The Bertz CT molecular complexity index is 417. The summed E-state index contributed by atoms with van der Waals surface area (Å²) in [6, 6.07) is 7.48. The maximum Gasteiger partial charge on any atom is 0.166 e. The number of Topliss-reactive ketones (excluding diaryl/α,β-unsaturated/α-hetero) is 1. The van der Waals surface area contributed by atoms with Crippen LogP contribution in [0.25, 0.3) is 5.57 Å². The number of hydrogen-bond donors (Lipinski definition) is 0. The van der Waals surface area contributed by atoms with Gasteiger partial charge in [-0.25, -0.2) is 0 Å². The topological polar surface area (TPSA) is 35.5 Å². The Morgan fingerprint density at radius 3 is 2.38 bits per heavy atom. The molecule has 0 saturated carbocycles. The number of benzene rings is 1. The van der Waals surface area contributed by atoms with Gasteiger partial charge in [-0.1, -0.05) is 12.1 Å². The van der Waals surface area contributed by atoms with Gasteiger partial charge in [-0.2, -0.15) is 0 Å². The summed E-state index contributed by atoms with van der Waals surface area (Å²) in [4.78, 5) is 11.7. The van der Waals surface area contributed by atoms with Gasteiger partial charge in [-0.05, 0) is 23.8 Å². The summed E-state index contributed by atoms with van der Waals surface area (Å²) >= 11 is 0. The van der Waals surface area contributed by atoms with E-state index in [9.17, 15) is 4.79 Å². The maximum absolute atomic E-state index is 11.7. The highest BCUT2D eigenvalue weighted by Gasteiger charge is 2.24. The van der Waals surface area contributed by atoms with Gasteiger partial charge in [0.2, 0.25) is 0 Å². The SMILES string of the molecule is COc1ccc(C2=C[C@@H](OC)CC2=O)cc1. The monoisotopic (exact) mass is 218 g/mol. The number of hydrogen-bond acceptors (Lipinski definition) is 3. The molecular weight excluding hydrogens is 204 g/mol. The minimum Gasteiger partial charge on any atom is -0.497 e. The van der Waals surface area contributed by atoms with Gasteiger partial charge in [-0.15, -0.1) is 0 Å². The zero-order chi connectivity index (χ0) is 11.5. The van der Waals surface area contributed by atoms with Crippen LogP contribution in [0.5, 0.6) is 5.75 Å². The average Bonchev–Trinajstić information content (AvgIpc) is 2.71. The number of ether oxygens (including phenoxy) is 2. The van der Waals surface area contributed by atoms with Gasteiger partial charge < -0.3 is 9.47 Å². The van der Waals surface area contributed by atoms with E-state index in [-0.39, 0.29) is 11.9 Å². The van der Waals surface area contributed by atoms with E-state index in [1.54, 1.807) is 14.2 Å². The Kier molecular flexibility index (Phi) is 3.06. The second-order valence-electron chi connectivity index (χ2n) is 3.71. The lowest BCUT2D eigenvalue weighted by Gasteiger charge is -2.02. The molecule has 1 aromatic carbocycles. The van der Waals surface area contributed by atoms with E-state index >= 15 is 0 Å². The van der Waals surface area contributed by atoms with Crippen LogP contribution >= 0.6 is 0 Å². The summed E-state index contributed by atoms with van der Waals surface area (Å²) in [5.41, 5.74) is 1.67. The highest BCUT2D eigenvalue weighted by atomic mass is 16.5. The first-order valence-corrected chi connectivity index (χ1v) is 5.17. The zero-order valence-electron chi connectivity index (χ0n) is 9.40. The molecule has 0 fully saturated rings. The zero-order valence-corrected chi connectivity index (χ0v) is 9.40. The van der Waals surface area contributed by atoms with Crippen molar-refractivity contribution in [3.8, 4) is 5.75 Å². The lowest BCUT2D eigenvalue weighted by atomic mass is 10.0. The normalized spacial score (nSPS) is 19.8. The number of allylic oxidation sites excluding steroid dienone is 1. The minimum atomic E-state index is -0.0791. The third-order valence-electron chi connectivity index (χ3n) is 2.74. The minimum absolute atomic E-state index is 0.0791. The van der Waals surface area contributed by atoms with Crippen LogP contribution in [0.3, 0.4) is 0 Å². The molecule has 1 aromatic rings. The average molecular weight is 218 g/mol. The first kappa shape index (κ1) is 10.9. The molecule has 0 heterocycles. The highest BCUT2D eigenvalue weighted by molar-refractivity contribution is 6.23. The number of ketones is 1. The number of rotatable bonds is 3. The first-order chi connectivity index (χ1) is 7.74. The van der Waals surface area contributed by atoms with E-state index in [1.807, 2.05) is 30.3 Å². The third-order valence-corrected chi connectivity index (χ3v) is 2.74. The van der Waals surface area contributed by atoms with E-state index < -0.39 is 0 Å². The standard InChI is InChI=1S/C13H14O3/c1-15-10-5-3-9(4-6-10)12-7-11(16-2)8-13(12)14/h3-7,11H,8H2,1-2H3/t11-/m1/s1. The Morgan fingerprint density at radius 2 is 1.88 bits per heavy atom. The molecule has 0 N–H and O–H groups in total. The molecule has 2 rings (SSSR count). The van der Waals surface area contributed by atoms with E-state index in [0.29, 0.717) is 6.42 Å². The summed E-state index contributed by atoms with van der Waals surface area (Å²) in [5, 5.41) is 0. The fraction of sp³-hybridized carbons (Fsp3) is 0.308. The van der Waals surface area contributed by atoms with Gasteiger partial charge in [-0.3, -0.25) is 4.79 Å². The molecule has 1 aliphatic carbocycles.